The molecule has 1 aliphatic heterocycles. The van der Waals surface area contributed by atoms with Crippen LogP contribution in [0.3, 0.4) is 0 Å². The summed E-state index contributed by atoms with van der Waals surface area (Å²) in [5, 5.41) is 10.7. The monoisotopic (exact) mass is 344 g/mol. The van der Waals surface area contributed by atoms with Gasteiger partial charge in [-0.1, -0.05) is 30.3 Å². The van der Waals surface area contributed by atoms with Gasteiger partial charge in [-0.3, -0.25) is 14.9 Å². The van der Waals surface area contributed by atoms with Gasteiger partial charge in [-0.25, -0.2) is 0 Å². The third kappa shape index (κ3) is 2.57. The lowest BCUT2D eigenvalue weighted by molar-refractivity contribution is -0.384. The molecule has 3 rings (SSSR count). The number of rotatable bonds is 4. The minimum absolute atomic E-state index is 0.00316. The predicted octanol–water partition coefficient (Wildman–Crippen LogP) is 3.90. The number of anilines is 1. The fourth-order valence-electron chi connectivity index (χ4n) is 2.00. The second-order valence-electron chi connectivity index (χ2n) is 4.47. The number of nitro benzene ring substituents is 1. The van der Waals surface area contributed by atoms with Crippen molar-refractivity contribution >= 4 is 33.1 Å². The van der Waals surface area contributed by atoms with Gasteiger partial charge >= 0.3 is 0 Å². The predicted molar refractivity (Wildman–Crippen MR) is 82.1 cm³/mol. The Kier molecular flexibility index (Phi) is 3.31. The van der Waals surface area contributed by atoms with Gasteiger partial charge in [0.2, 0.25) is 5.78 Å². The number of carbonyl (C=O) groups is 1. The van der Waals surface area contributed by atoms with E-state index in [1.54, 1.807) is 29.3 Å². The van der Waals surface area contributed by atoms with Gasteiger partial charge in [0, 0.05) is 28.4 Å². The van der Waals surface area contributed by atoms with Crippen LogP contribution in [0.25, 0.3) is 0 Å². The second kappa shape index (κ2) is 5.14. The number of nitrogens with zero attached hydrogens (tertiary/aromatic N) is 2. The minimum atomic E-state index is -0.458. The lowest BCUT2D eigenvalue weighted by Crippen LogP contribution is -2.06. The van der Waals surface area contributed by atoms with Crippen LogP contribution < -0.4 is 4.90 Å². The molecule has 5 nitrogen and oxygen atoms in total. The van der Waals surface area contributed by atoms with Crippen molar-refractivity contribution in [2.75, 3.05) is 4.90 Å². The van der Waals surface area contributed by atoms with E-state index in [-0.39, 0.29) is 11.5 Å². The first-order valence-electron chi connectivity index (χ1n) is 6.12. The average Bonchev–Trinajstić information content (AvgIpc) is 3.27. The quantitative estimate of drug-likeness (QED) is 0.479. The first-order valence-corrected chi connectivity index (χ1v) is 6.92. The standard InChI is InChI=1S/C15H9BrN2O3/c16-12-8-11(18(20)21)6-7-13(12)17-9-14(17)15(19)10-4-2-1-3-5-10/h1-9H. The van der Waals surface area contributed by atoms with Crippen LogP contribution in [0.5, 0.6) is 0 Å². The molecule has 0 unspecified atom stereocenters. The van der Waals surface area contributed by atoms with E-state index >= 15 is 0 Å². The maximum atomic E-state index is 12.2. The smallest absolute Gasteiger partial charge is 0.270 e. The number of carbonyl (C=O) groups excluding carboxylic acids is 1. The van der Waals surface area contributed by atoms with Gasteiger partial charge in [0.15, 0.2) is 0 Å². The summed E-state index contributed by atoms with van der Waals surface area (Å²) < 4.78 is 0.573. The fraction of sp³-hybridized carbons (Fsp3) is 0. The van der Waals surface area contributed by atoms with Gasteiger partial charge in [-0.2, -0.15) is 0 Å². The third-order valence-corrected chi connectivity index (χ3v) is 3.75. The number of halogens is 1. The molecule has 0 N–H and O–H groups in total. The zero-order chi connectivity index (χ0) is 15.0. The van der Waals surface area contributed by atoms with Crippen molar-refractivity contribution in [1.82, 2.24) is 0 Å². The van der Waals surface area contributed by atoms with Crippen LogP contribution in [0.15, 0.2) is 64.9 Å². The molecular weight excluding hydrogens is 336 g/mol. The molecule has 0 saturated carbocycles. The largest absolute Gasteiger partial charge is 0.309 e. The van der Waals surface area contributed by atoms with Crippen LogP contribution in [0.4, 0.5) is 11.4 Å². The Hall–Kier alpha value is -2.47. The van der Waals surface area contributed by atoms with E-state index in [4.69, 9.17) is 0 Å². The lowest BCUT2D eigenvalue weighted by atomic mass is 10.1. The van der Waals surface area contributed by atoms with Crippen molar-refractivity contribution in [3.8, 4) is 0 Å². The van der Waals surface area contributed by atoms with Gasteiger partial charge < -0.3 is 4.90 Å². The number of hydrogen-bond acceptors (Lipinski definition) is 4. The summed E-state index contributed by atoms with van der Waals surface area (Å²) in [4.78, 5) is 24.2. The number of non-ortho nitro benzene ring substituents is 1. The summed E-state index contributed by atoms with van der Waals surface area (Å²) in [6.07, 6.45) is 1.71. The maximum absolute atomic E-state index is 12.2. The van der Waals surface area contributed by atoms with Crippen LogP contribution in [-0.2, 0) is 0 Å². The molecular formula is C15H9BrN2O3. The van der Waals surface area contributed by atoms with E-state index < -0.39 is 4.92 Å². The molecule has 0 bridgehead atoms. The molecule has 0 atom stereocenters. The summed E-state index contributed by atoms with van der Waals surface area (Å²) in [7, 11) is 0. The Bertz CT molecular complexity index is 772. The highest BCUT2D eigenvalue weighted by atomic mass is 79.9. The Labute approximate surface area is 128 Å². The zero-order valence-electron chi connectivity index (χ0n) is 10.7. The maximum Gasteiger partial charge on any atom is 0.270 e. The summed E-state index contributed by atoms with van der Waals surface area (Å²) >= 11 is 3.30. The third-order valence-electron chi connectivity index (χ3n) is 3.11. The van der Waals surface area contributed by atoms with Crippen molar-refractivity contribution in [1.29, 1.82) is 0 Å². The number of ketones is 1. The topological polar surface area (TPSA) is 63.2 Å². The van der Waals surface area contributed by atoms with Crippen molar-refractivity contribution in [3.63, 3.8) is 0 Å². The highest BCUT2D eigenvalue weighted by molar-refractivity contribution is 9.10. The molecule has 1 aliphatic rings. The number of Topliss-reactive ketones (excluding diaryl/α,β-unsaturated/α-hetero) is 1. The van der Waals surface area contributed by atoms with Gasteiger partial charge in [0.05, 0.1) is 10.6 Å². The van der Waals surface area contributed by atoms with Crippen LogP contribution in [-0.4, -0.2) is 10.7 Å². The van der Waals surface area contributed by atoms with E-state index in [0.717, 1.165) is 0 Å². The molecule has 0 saturated heterocycles. The lowest BCUT2D eigenvalue weighted by Gasteiger charge is -2.08. The Balaban J connectivity index is 1.80. The van der Waals surface area contributed by atoms with Gasteiger partial charge in [0.1, 0.15) is 5.70 Å². The van der Waals surface area contributed by atoms with Crippen LogP contribution >= 0.6 is 15.9 Å². The summed E-state index contributed by atoms with van der Waals surface area (Å²) in [5.74, 6) is -0.0687. The Morgan fingerprint density at radius 1 is 1.14 bits per heavy atom. The molecule has 6 heteroatoms. The van der Waals surface area contributed by atoms with E-state index in [1.165, 1.54) is 12.1 Å². The molecule has 21 heavy (non-hydrogen) atoms. The van der Waals surface area contributed by atoms with Crippen molar-refractivity contribution in [2.24, 2.45) is 0 Å². The average molecular weight is 345 g/mol. The van der Waals surface area contributed by atoms with Crippen molar-refractivity contribution in [2.45, 2.75) is 0 Å². The van der Waals surface area contributed by atoms with E-state index in [1.807, 2.05) is 18.2 Å². The summed E-state index contributed by atoms with van der Waals surface area (Å²) in [6.45, 7) is 0. The van der Waals surface area contributed by atoms with Crippen molar-refractivity contribution in [3.05, 3.63) is 80.6 Å². The number of hydrogen-bond donors (Lipinski definition) is 0. The molecule has 0 radical (unpaired) electrons. The minimum Gasteiger partial charge on any atom is -0.309 e. The molecule has 0 aliphatic carbocycles. The van der Waals surface area contributed by atoms with Gasteiger partial charge in [0.25, 0.3) is 5.69 Å². The number of nitro groups is 1. The number of allylic oxidation sites excluding steroid dienone is 1. The van der Waals surface area contributed by atoms with Crippen molar-refractivity contribution < 1.29 is 9.72 Å². The van der Waals surface area contributed by atoms with Gasteiger partial charge in [-0.05, 0) is 22.0 Å². The van der Waals surface area contributed by atoms with Crippen LogP contribution in [0, 0.1) is 10.1 Å². The highest BCUT2D eigenvalue weighted by Crippen LogP contribution is 2.39. The van der Waals surface area contributed by atoms with E-state index in [2.05, 4.69) is 15.9 Å². The van der Waals surface area contributed by atoms with Crippen LogP contribution in [0.2, 0.25) is 0 Å². The molecule has 0 aromatic heterocycles. The molecule has 0 amide bonds. The fourth-order valence-corrected chi connectivity index (χ4v) is 2.56. The summed E-state index contributed by atoms with van der Waals surface area (Å²) in [5.41, 5.74) is 1.89. The molecule has 104 valence electrons. The molecule has 0 fully saturated rings. The zero-order valence-corrected chi connectivity index (χ0v) is 12.3. The Morgan fingerprint density at radius 2 is 1.86 bits per heavy atom. The first-order chi connectivity index (χ1) is 10.1. The molecule has 2 aromatic carbocycles. The second-order valence-corrected chi connectivity index (χ2v) is 5.33. The first kappa shape index (κ1) is 13.5. The van der Waals surface area contributed by atoms with E-state index in [0.29, 0.717) is 21.4 Å². The molecule has 0 spiro atoms. The van der Waals surface area contributed by atoms with Crippen LogP contribution in [0.1, 0.15) is 10.4 Å². The normalized spacial score (nSPS) is 12.8. The Morgan fingerprint density at radius 3 is 2.48 bits per heavy atom. The highest BCUT2D eigenvalue weighted by Gasteiger charge is 2.31. The SMILES string of the molecule is O=C(C1=CN1c1ccc([N+](=O)[O-])cc1Br)c1ccccc1. The summed E-state index contributed by atoms with van der Waals surface area (Å²) in [6, 6.07) is 13.4. The van der Waals surface area contributed by atoms with Gasteiger partial charge in [-0.15, -0.1) is 0 Å². The number of benzene rings is 2. The molecule has 1 heterocycles. The van der Waals surface area contributed by atoms with E-state index in [9.17, 15) is 14.9 Å². The molecule has 2 aromatic rings.